The van der Waals surface area contributed by atoms with Crippen LogP contribution >= 0.6 is 0 Å². The fourth-order valence-corrected chi connectivity index (χ4v) is 7.24. The van der Waals surface area contributed by atoms with Crippen molar-refractivity contribution < 1.29 is 0 Å². The first kappa shape index (κ1) is 31.9. The van der Waals surface area contributed by atoms with Crippen molar-refractivity contribution in [3.8, 4) is 0 Å². The van der Waals surface area contributed by atoms with Crippen LogP contribution in [-0.2, 0) is 0 Å². The quantitative estimate of drug-likeness (QED) is 0.105. The van der Waals surface area contributed by atoms with Gasteiger partial charge in [-0.3, -0.25) is 0 Å². The Morgan fingerprint density at radius 3 is 2.32 bits per heavy atom. The van der Waals surface area contributed by atoms with E-state index in [1.165, 1.54) is 102 Å². The molecule has 210 valence electrons. The van der Waals surface area contributed by atoms with Gasteiger partial charge >= 0.3 is 0 Å². The largest absolute Gasteiger partial charge is 0.330 e. The molecular formula is C36H61N. The highest BCUT2D eigenvalue weighted by atomic mass is 14.5. The van der Waals surface area contributed by atoms with E-state index in [9.17, 15) is 0 Å². The van der Waals surface area contributed by atoms with Crippen LogP contribution in [0.5, 0.6) is 0 Å². The van der Waals surface area contributed by atoms with Crippen LogP contribution in [-0.4, -0.2) is 6.54 Å². The second kappa shape index (κ2) is 18.0. The van der Waals surface area contributed by atoms with Crippen LogP contribution in [0.4, 0.5) is 0 Å². The van der Waals surface area contributed by atoms with E-state index >= 15 is 0 Å². The van der Waals surface area contributed by atoms with Crippen LogP contribution in [0.25, 0.3) is 0 Å². The van der Waals surface area contributed by atoms with E-state index in [0.29, 0.717) is 0 Å². The molecule has 4 atom stereocenters. The lowest BCUT2D eigenvalue weighted by molar-refractivity contribution is 0.205. The summed E-state index contributed by atoms with van der Waals surface area (Å²) >= 11 is 0. The molecule has 0 aromatic heterocycles. The molecule has 37 heavy (non-hydrogen) atoms. The zero-order valence-corrected chi connectivity index (χ0v) is 25.0. The molecule has 0 saturated heterocycles. The summed E-state index contributed by atoms with van der Waals surface area (Å²) in [6.45, 7) is 20.4. The molecule has 0 amide bonds. The highest BCUT2D eigenvalue weighted by Crippen LogP contribution is 2.44. The predicted molar refractivity (Wildman–Crippen MR) is 167 cm³/mol. The minimum absolute atomic E-state index is 0.785. The maximum Gasteiger partial charge on any atom is -0.00773 e. The number of allylic oxidation sites excluding steroid dienone is 7. The monoisotopic (exact) mass is 507 g/mol. The summed E-state index contributed by atoms with van der Waals surface area (Å²) in [7, 11) is 0. The molecule has 0 aromatic carbocycles. The minimum atomic E-state index is 0.785. The number of rotatable bonds is 19. The molecule has 0 aromatic rings. The van der Waals surface area contributed by atoms with Crippen LogP contribution < -0.4 is 5.73 Å². The second-order valence-electron chi connectivity index (χ2n) is 12.9. The molecule has 0 bridgehead atoms. The predicted octanol–water partition coefficient (Wildman–Crippen LogP) is 10.8. The zero-order valence-electron chi connectivity index (χ0n) is 25.0. The summed E-state index contributed by atoms with van der Waals surface area (Å²) in [5.74, 6) is 5.03. The molecule has 1 nitrogen and oxygen atoms in total. The molecule has 1 heteroatoms. The lowest BCUT2D eigenvalue weighted by Gasteiger charge is -2.33. The minimum Gasteiger partial charge on any atom is -0.330 e. The second-order valence-corrected chi connectivity index (χ2v) is 12.9. The van der Waals surface area contributed by atoms with Gasteiger partial charge in [0.1, 0.15) is 0 Å². The first-order valence-corrected chi connectivity index (χ1v) is 15.8. The fraction of sp³-hybridized carbons (Fsp3) is 0.722. The number of hydrogen-bond donors (Lipinski definition) is 1. The Labute approximate surface area is 231 Å². The summed E-state index contributed by atoms with van der Waals surface area (Å²) in [5, 5.41) is 0. The number of unbranched alkanes of at least 4 members (excludes halogenated alkanes) is 2. The average molecular weight is 508 g/mol. The summed E-state index contributed by atoms with van der Waals surface area (Å²) < 4.78 is 0. The zero-order chi connectivity index (χ0) is 27.0. The van der Waals surface area contributed by atoms with Gasteiger partial charge < -0.3 is 5.73 Å². The van der Waals surface area contributed by atoms with Gasteiger partial charge in [0, 0.05) is 0 Å². The van der Waals surface area contributed by atoms with Crippen LogP contribution in [0.2, 0.25) is 0 Å². The number of hydrogen-bond acceptors (Lipinski definition) is 1. The normalized spacial score (nSPS) is 24.8. The Bertz CT molecular complexity index is 732. The number of nitrogens with two attached hydrogens (primary N) is 1. The Hall–Kier alpha value is -1.34. The third kappa shape index (κ3) is 11.9. The lowest BCUT2D eigenvalue weighted by atomic mass is 9.72. The highest BCUT2D eigenvalue weighted by Gasteiger charge is 2.31. The Morgan fingerprint density at radius 1 is 0.946 bits per heavy atom. The molecule has 0 radical (unpaired) electrons. The van der Waals surface area contributed by atoms with Crippen LogP contribution in [0.1, 0.15) is 124 Å². The smallest absolute Gasteiger partial charge is 0.00773 e. The van der Waals surface area contributed by atoms with Crippen LogP contribution in [0.3, 0.4) is 0 Å². The molecule has 2 aliphatic carbocycles. The van der Waals surface area contributed by atoms with Gasteiger partial charge in [-0.2, -0.15) is 0 Å². The average Bonchev–Trinajstić information content (AvgIpc) is 3.25. The van der Waals surface area contributed by atoms with E-state index < -0.39 is 0 Å². The molecule has 2 rings (SSSR count). The van der Waals surface area contributed by atoms with Crippen molar-refractivity contribution >= 4 is 0 Å². The Kier molecular flexibility index (Phi) is 15.5. The van der Waals surface area contributed by atoms with Gasteiger partial charge in [-0.15, -0.1) is 6.58 Å². The van der Waals surface area contributed by atoms with Gasteiger partial charge in [-0.25, -0.2) is 0 Å². The molecule has 1 fully saturated rings. The summed E-state index contributed by atoms with van der Waals surface area (Å²) in [6.07, 6.45) is 29.5. The van der Waals surface area contributed by atoms with Crippen molar-refractivity contribution in [2.45, 2.75) is 124 Å². The highest BCUT2D eigenvalue weighted by molar-refractivity contribution is 5.31. The molecule has 3 unspecified atom stereocenters. The van der Waals surface area contributed by atoms with E-state index in [4.69, 9.17) is 5.73 Å². The first-order valence-electron chi connectivity index (χ1n) is 15.8. The molecule has 0 heterocycles. The van der Waals surface area contributed by atoms with Crippen molar-refractivity contribution in [3.05, 3.63) is 60.8 Å². The van der Waals surface area contributed by atoms with E-state index in [1.54, 1.807) is 11.1 Å². The molecule has 1 saturated carbocycles. The summed E-state index contributed by atoms with van der Waals surface area (Å²) in [4.78, 5) is 0. The van der Waals surface area contributed by atoms with Gasteiger partial charge in [-0.1, -0.05) is 94.6 Å². The summed E-state index contributed by atoms with van der Waals surface area (Å²) in [6, 6.07) is 0. The lowest BCUT2D eigenvalue weighted by Crippen LogP contribution is -2.21. The Balaban J connectivity index is 1.75. The van der Waals surface area contributed by atoms with E-state index in [2.05, 4.69) is 58.7 Å². The third-order valence-electron chi connectivity index (χ3n) is 9.73. The van der Waals surface area contributed by atoms with E-state index in [1.807, 2.05) is 6.08 Å². The van der Waals surface area contributed by atoms with Crippen molar-refractivity contribution in [3.63, 3.8) is 0 Å². The van der Waals surface area contributed by atoms with Crippen molar-refractivity contribution in [1.29, 1.82) is 0 Å². The SMILES string of the molecule is C=C/C=C\C1=C(C)CC(C2CCC(CC(=C)C[C@@H](CCCCN)C(C)CCCCC(C)CC=C)CC2)C1. The topological polar surface area (TPSA) is 26.0 Å². The molecule has 0 spiro atoms. The standard InChI is InChI=1S/C36H61N/c1-7-9-17-35-27-36(26-31(35)6)33-21-19-32(20-22-33)24-29(4)25-34(18-12-13-23-37)30(5)16-11-10-15-28(3)14-8-2/h7-9,17,28,30,32-34,36H,1-2,4,10-16,18-27,37H2,3,5-6H3/b17-9-/t28?,30?,32?,33?,34-,36?/m1/s1. The molecule has 2 N–H and O–H groups in total. The molecule has 2 aliphatic rings. The van der Waals surface area contributed by atoms with Crippen molar-refractivity contribution in [1.82, 2.24) is 0 Å². The van der Waals surface area contributed by atoms with Gasteiger partial charge in [0.2, 0.25) is 0 Å². The van der Waals surface area contributed by atoms with Gasteiger partial charge in [0.05, 0.1) is 0 Å². The van der Waals surface area contributed by atoms with E-state index in [0.717, 1.165) is 48.5 Å². The Morgan fingerprint density at radius 2 is 1.65 bits per heavy atom. The third-order valence-corrected chi connectivity index (χ3v) is 9.73. The van der Waals surface area contributed by atoms with Gasteiger partial charge in [-0.05, 0) is 125 Å². The summed E-state index contributed by atoms with van der Waals surface area (Å²) in [5.41, 5.74) is 10.5. The van der Waals surface area contributed by atoms with Crippen LogP contribution in [0, 0.1) is 35.5 Å². The van der Waals surface area contributed by atoms with Crippen molar-refractivity contribution in [2.75, 3.05) is 6.54 Å². The maximum absolute atomic E-state index is 5.83. The van der Waals surface area contributed by atoms with Gasteiger partial charge in [0.15, 0.2) is 0 Å². The first-order chi connectivity index (χ1) is 17.9. The fourth-order valence-electron chi connectivity index (χ4n) is 7.24. The van der Waals surface area contributed by atoms with Gasteiger partial charge in [0.25, 0.3) is 0 Å². The van der Waals surface area contributed by atoms with Crippen LogP contribution in [0.15, 0.2) is 60.8 Å². The van der Waals surface area contributed by atoms with Crippen molar-refractivity contribution in [2.24, 2.45) is 41.2 Å². The molecule has 0 aliphatic heterocycles. The maximum atomic E-state index is 5.83. The molecular weight excluding hydrogens is 446 g/mol. The van der Waals surface area contributed by atoms with E-state index in [-0.39, 0.29) is 0 Å².